The number of hydrogen-bond donors (Lipinski definition) is 0. The molecule has 0 aliphatic heterocycles. The van der Waals surface area contributed by atoms with E-state index < -0.39 is 6.61 Å². The maximum atomic E-state index is 12.4. The summed E-state index contributed by atoms with van der Waals surface area (Å²) < 4.78 is 40.7. The van der Waals surface area contributed by atoms with Gasteiger partial charge in [0.1, 0.15) is 5.75 Å². The van der Waals surface area contributed by atoms with Crippen LogP contribution in [0.25, 0.3) is 11.0 Å². The standard InChI is InChI=1S/C16H14F2N4O4S/c1-24-13-5-6-19-11(14(13)25-2)8-27-16-20-10-7-9(26-15(17)18)3-4-12(10)22(16)21-23/h3-7,15H,8H2,1-2H3. The molecule has 0 N–H and O–H groups in total. The van der Waals surface area contributed by atoms with Crippen LogP contribution in [0.3, 0.4) is 0 Å². The van der Waals surface area contributed by atoms with Crippen molar-refractivity contribution in [2.75, 3.05) is 14.2 Å². The predicted octanol–water partition coefficient (Wildman–Crippen LogP) is 3.87. The van der Waals surface area contributed by atoms with Gasteiger partial charge in [-0.2, -0.15) is 13.5 Å². The van der Waals surface area contributed by atoms with E-state index in [2.05, 4.69) is 20.0 Å². The highest BCUT2D eigenvalue weighted by atomic mass is 32.2. The number of hydrogen-bond acceptors (Lipinski definition) is 8. The fourth-order valence-corrected chi connectivity index (χ4v) is 3.35. The molecule has 3 rings (SSSR count). The van der Waals surface area contributed by atoms with Gasteiger partial charge in [-0.1, -0.05) is 11.8 Å². The first-order valence-electron chi connectivity index (χ1n) is 7.57. The van der Waals surface area contributed by atoms with Crippen LogP contribution in [0.1, 0.15) is 5.69 Å². The Kier molecular flexibility index (Phi) is 5.69. The van der Waals surface area contributed by atoms with E-state index in [1.54, 1.807) is 12.3 Å². The summed E-state index contributed by atoms with van der Waals surface area (Å²) in [5.74, 6) is 1.26. The number of ether oxygens (including phenoxy) is 3. The lowest BCUT2D eigenvalue weighted by atomic mass is 10.3. The summed E-state index contributed by atoms with van der Waals surface area (Å²) in [5.41, 5.74) is 1.27. The number of methoxy groups -OCH3 is 2. The number of halogens is 2. The SMILES string of the molecule is COc1ccnc(CSc2nc3cc(OC(F)F)ccc3n2N=O)c1OC. The van der Waals surface area contributed by atoms with Crippen molar-refractivity contribution in [1.29, 1.82) is 0 Å². The molecule has 0 aliphatic carbocycles. The van der Waals surface area contributed by atoms with Crippen LogP contribution in [-0.2, 0) is 5.75 Å². The summed E-state index contributed by atoms with van der Waals surface area (Å²) in [6.45, 7) is -2.95. The summed E-state index contributed by atoms with van der Waals surface area (Å²) in [4.78, 5) is 19.8. The van der Waals surface area contributed by atoms with Crippen molar-refractivity contribution >= 4 is 22.8 Å². The second-order valence-corrected chi connectivity index (χ2v) is 6.04. The van der Waals surface area contributed by atoms with Crippen LogP contribution >= 0.6 is 11.8 Å². The van der Waals surface area contributed by atoms with Crippen molar-refractivity contribution in [2.24, 2.45) is 5.29 Å². The van der Waals surface area contributed by atoms with Crippen LogP contribution in [-0.4, -0.2) is 35.5 Å². The van der Waals surface area contributed by atoms with E-state index in [9.17, 15) is 13.7 Å². The van der Waals surface area contributed by atoms with Crippen LogP contribution < -0.4 is 14.2 Å². The second kappa shape index (κ2) is 8.16. The van der Waals surface area contributed by atoms with Crippen LogP contribution in [0.4, 0.5) is 8.78 Å². The van der Waals surface area contributed by atoms with Crippen molar-refractivity contribution in [3.8, 4) is 17.2 Å². The van der Waals surface area contributed by atoms with Crippen molar-refractivity contribution < 1.29 is 23.0 Å². The van der Waals surface area contributed by atoms with Crippen LogP contribution in [0.15, 0.2) is 40.9 Å². The molecular weight excluding hydrogens is 382 g/mol. The Morgan fingerprint density at radius 3 is 2.74 bits per heavy atom. The van der Waals surface area contributed by atoms with E-state index in [0.29, 0.717) is 34.0 Å². The minimum atomic E-state index is -2.95. The third-order valence-electron chi connectivity index (χ3n) is 3.58. The zero-order chi connectivity index (χ0) is 19.4. The van der Waals surface area contributed by atoms with E-state index in [1.165, 1.54) is 44.2 Å². The lowest BCUT2D eigenvalue weighted by molar-refractivity contribution is -0.0497. The molecule has 3 aromatic rings. The molecule has 0 amide bonds. The molecule has 0 radical (unpaired) electrons. The van der Waals surface area contributed by atoms with Crippen LogP contribution in [0.5, 0.6) is 17.2 Å². The predicted molar refractivity (Wildman–Crippen MR) is 94.5 cm³/mol. The van der Waals surface area contributed by atoms with Gasteiger partial charge in [0, 0.05) is 24.1 Å². The Balaban J connectivity index is 1.90. The van der Waals surface area contributed by atoms with Crippen LogP contribution in [0, 0.1) is 4.91 Å². The normalized spacial score (nSPS) is 11.0. The van der Waals surface area contributed by atoms with Gasteiger partial charge in [0.2, 0.25) is 0 Å². The molecule has 142 valence electrons. The number of aromatic nitrogens is 3. The van der Waals surface area contributed by atoms with E-state index in [-0.39, 0.29) is 10.9 Å². The maximum Gasteiger partial charge on any atom is 0.387 e. The molecule has 0 atom stereocenters. The molecule has 0 saturated carbocycles. The van der Waals surface area contributed by atoms with Gasteiger partial charge in [-0.3, -0.25) is 4.98 Å². The lowest BCUT2D eigenvalue weighted by Crippen LogP contribution is -2.01. The molecule has 8 nitrogen and oxygen atoms in total. The fraction of sp³-hybridized carbons (Fsp3) is 0.250. The number of alkyl halides is 2. The summed E-state index contributed by atoms with van der Waals surface area (Å²) >= 11 is 1.19. The summed E-state index contributed by atoms with van der Waals surface area (Å²) in [6, 6.07) is 5.74. The number of nitroso groups, excluding NO2 is 1. The van der Waals surface area contributed by atoms with Gasteiger partial charge in [0.05, 0.1) is 36.2 Å². The number of fused-ring (bicyclic) bond motifs is 1. The average molecular weight is 396 g/mol. The largest absolute Gasteiger partial charge is 0.493 e. The molecule has 0 unspecified atom stereocenters. The van der Waals surface area contributed by atoms with Gasteiger partial charge >= 0.3 is 6.61 Å². The second-order valence-electron chi connectivity index (χ2n) is 5.10. The van der Waals surface area contributed by atoms with Crippen LogP contribution in [0.2, 0.25) is 0 Å². The number of rotatable bonds is 8. The highest BCUT2D eigenvalue weighted by Gasteiger charge is 2.17. The Labute approximate surface area is 156 Å². The molecule has 0 bridgehead atoms. The topological polar surface area (TPSA) is 87.8 Å². The summed E-state index contributed by atoms with van der Waals surface area (Å²) in [6.07, 6.45) is 1.58. The number of pyridine rings is 1. The average Bonchev–Trinajstić information content (AvgIpc) is 3.01. The quantitative estimate of drug-likeness (QED) is 0.422. The van der Waals surface area contributed by atoms with Crippen molar-refractivity contribution in [3.63, 3.8) is 0 Å². The number of benzene rings is 1. The molecule has 27 heavy (non-hydrogen) atoms. The van der Waals surface area contributed by atoms with E-state index in [4.69, 9.17) is 9.47 Å². The van der Waals surface area contributed by atoms with Gasteiger partial charge in [-0.25, -0.2) is 4.98 Å². The minimum Gasteiger partial charge on any atom is -0.493 e. The first-order chi connectivity index (χ1) is 13.1. The van der Waals surface area contributed by atoms with Crippen molar-refractivity contribution in [1.82, 2.24) is 14.6 Å². The van der Waals surface area contributed by atoms with Gasteiger partial charge in [-0.05, 0) is 12.1 Å². The Bertz CT molecular complexity index is 967. The Morgan fingerprint density at radius 1 is 1.26 bits per heavy atom. The zero-order valence-corrected chi connectivity index (χ0v) is 15.1. The van der Waals surface area contributed by atoms with Crippen molar-refractivity contribution in [3.05, 3.63) is 41.1 Å². The van der Waals surface area contributed by atoms with E-state index in [0.717, 1.165) is 4.68 Å². The lowest BCUT2D eigenvalue weighted by Gasteiger charge is -2.10. The number of thioether (sulfide) groups is 1. The third-order valence-corrected chi connectivity index (χ3v) is 4.52. The molecule has 0 saturated heterocycles. The molecule has 0 fully saturated rings. The van der Waals surface area contributed by atoms with E-state index in [1.807, 2.05) is 0 Å². The molecule has 11 heteroatoms. The molecule has 2 heterocycles. The van der Waals surface area contributed by atoms with Gasteiger partial charge in [-0.15, -0.1) is 4.91 Å². The monoisotopic (exact) mass is 396 g/mol. The molecule has 2 aromatic heterocycles. The van der Waals surface area contributed by atoms with Gasteiger partial charge < -0.3 is 14.2 Å². The zero-order valence-electron chi connectivity index (χ0n) is 14.3. The number of nitrogens with zero attached hydrogens (tertiary/aromatic N) is 4. The third kappa shape index (κ3) is 3.92. The number of imidazole rings is 1. The highest BCUT2D eigenvalue weighted by molar-refractivity contribution is 7.98. The van der Waals surface area contributed by atoms with E-state index >= 15 is 0 Å². The fourth-order valence-electron chi connectivity index (χ4n) is 2.46. The minimum absolute atomic E-state index is 0.0549. The van der Waals surface area contributed by atoms with Gasteiger partial charge in [0.15, 0.2) is 16.7 Å². The first kappa shape index (κ1) is 18.8. The molecule has 0 spiro atoms. The Morgan fingerprint density at radius 2 is 2.07 bits per heavy atom. The molecule has 1 aromatic carbocycles. The van der Waals surface area contributed by atoms with Gasteiger partial charge in [0.25, 0.3) is 0 Å². The Hall–Kier alpha value is -2.95. The molecular formula is C16H14F2N4O4S. The highest BCUT2D eigenvalue weighted by Crippen LogP contribution is 2.34. The molecule has 0 aliphatic rings. The maximum absolute atomic E-state index is 12.4. The first-order valence-corrected chi connectivity index (χ1v) is 8.55. The smallest absolute Gasteiger partial charge is 0.387 e. The summed E-state index contributed by atoms with van der Waals surface area (Å²) in [7, 11) is 3.02. The summed E-state index contributed by atoms with van der Waals surface area (Å²) in [5, 5.41) is 3.23. The van der Waals surface area contributed by atoms with Crippen molar-refractivity contribution in [2.45, 2.75) is 17.5 Å².